The van der Waals surface area contributed by atoms with Crippen molar-refractivity contribution in [3.8, 4) is 11.5 Å². The van der Waals surface area contributed by atoms with Crippen molar-refractivity contribution in [2.75, 3.05) is 0 Å². The predicted octanol–water partition coefficient (Wildman–Crippen LogP) is 6.29. The number of aromatic hydroxyl groups is 2. The molecule has 2 aromatic rings. The van der Waals surface area contributed by atoms with Crippen molar-refractivity contribution in [2.24, 2.45) is 5.92 Å². The number of hydrogen-bond donors (Lipinski definition) is 2. The molecule has 0 saturated carbocycles. The van der Waals surface area contributed by atoms with Gasteiger partial charge in [0, 0.05) is 11.5 Å². The molecule has 1 aliphatic rings. The Balaban J connectivity index is 1.78. The highest BCUT2D eigenvalue weighted by molar-refractivity contribution is 5.51. The summed E-state index contributed by atoms with van der Waals surface area (Å²) in [5, 5.41) is 21.4. The van der Waals surface area contributed by atoms with Crippen LogP contribution in [-0.2, 0) is 12.8 Å². The van der Waals surface area contributed by atoms with Gasteiger partial charge in [0.15, 0.2) is 0 Å². The van der Waals surface area contributed by atoms with Crippen molar-refractivity contribution < 1.29 is 10.2 Å². The Labute approximate surface area is 162 Å². The molecule has 0 spiro atoms. The summed E-state index contributed by atoms with van der Waals surface area (Å²) in [7, 11) is 0. The SMILES string of the molecule is C=C(C)[C@@H]1CCC(C)=C[C@H]1c1c(O)cc(CCCc2ccccc2)cc1O. The van der Waals surface area contributed by atoms with Crippen molar-refractivity contribution in [3.05, 3.63) is 83.0 Å². The maximum absolute atomic E-state index is 10.7. The minimum atomic E-state index is -0.00498. The van der Waals surface area contributed by atoms with Gasteiger partial charge in [-0.05, 0) is 75.1 Å². The molecule has 27 heavy (non-hydrogen) atoms. The average Bonchev–Trinajstić information content (AvgIpc) is 2.62. The second-order valence-corrected chi connectivity index (χ2v) is 7.92. The second-order valence-electron chi connectivity index (χ2n) is 7.92. The van der Waals surface area contributed by atoms with Gasteiger partial charge in [0.2, 0.25) is 0 Å². The van der Waals surface area contributed by atoms with E-state index >= 15 is 0 Å². The summed E-state index contributed by atoms with van der Waals surface area (Å²) in [5.41, 5.74) is 5.36. The Morgan fingerprint density at radius 3 is 2.30 bits per heavy atom. The molecule has 0 bridgehead atoms. The zero-order valence-electron chi connectivity index (χ0n) is 16.4. The molecule has 0 saturated heterocycles. The van der Waals surface area contributed by atoms with E-state index in [2.05, 4.69) is 43.8 Å². The molecule has 0 heterocycles. The second kappa shape index (κ2) is 8.47. The van der Waals surface area contributed by atoms with Crippen LogP contribution < -0.4 is 0 Å². The van der Waals surface area contributed by atoms with Crippen LogP contribution >= 0.6 is 0 Å². The summed E-state index contributed by atoms with van der Waals surface area (Å²) >= 11 is 0. The number of phenolic OH excluding ortho intramolecular Hbond substituents is 2. The third-order valence-electron chi connectivity index (χ3n) is 5.68. The number of rotatable bonds is 6. The van der Waals surface area contributed by atoms with Gasteiger partial charge in [0.1, 0.15) is 11.5 Å². The topological polar surface area (TPSA) is 40.5 Å². The Bertz CT molecular complexity index is 810. The molecular formula is C25H30O2. The lowest BCUT2D eigenvalue weighted by Crippen LogP contribution is -2.17. The lowest BCUT2D eigenvalue weighted by atomic mass is 9.73. The van der Waals surface area contributed by atoms with Crippen molar-refractivity contribution in [2.45, 2.75) is 51.9 Å². The van der Waals surface area contributed by atoms with Crippen LogP contribution in [-0.4, -0.2) is 10.2 Å². The predicted molar refractivity (Wildman–Crippen MR) is 112 cm³/mol. The lowest BCUT2D eigenvalue weighted by Gasteiger charge is -2.31. The number of hydrogen-bond acceptors (Lipinski definition) is 2. The summed E-state index contributed by atoms with van der Waals surface area (Å²) in [6.45, 7) is 8.29. The van der Waals surface area contributed by atoms with Crippen LogP contribution in [0.25, 0.3) is 0 Å². The fourth-order valence-corrected chi connectivity index (χ4v) is 4.21. The molecule has 142 valence electrons. The van der Waals surface area contributed by atoms with Crippen LogP contribution in [0.1, 0.15) is 55.7 Å². The first-order chi connectivity index (χ1) is 13.0. The van der Waals surface area contributed by atoms with Gasteiger partial charge in [-0.15, -0.1) is 0 Å². The minimum Gasteiger partial charge on any atom is -0.507 e. The summed E-state index contributed by atoms with van der Waals surface area (Å²) in [6.07, 6.45) is 7.06. The molecule has 2 atom stereocenters. The van der Waals surface area contributed by atoms with Gasteiger partial charge in [0.25, 0.3) is 0 Å². The van der Waals surface area contributed by atoms with E-state index in [1.807, 2.05) is 25.1 Å². The fourth-order valence-electron chi connectivity index (χ4n) is 4.21. The highest BCUT2D eigenvalue weighted by atomic mass is 16.3. The van der Waals surface area contributed by atoms with Crippen LogP contribution in [0.2, 0.25) is 0 Å². The molecule has 0 radical (unpaired) electrons. The molecule has 0 amide bonds. The molecule has 2 N–H and O–H groups in total. The van der Waals surface area contributed by atoms with Crippen LogP contribution in [0.4, 0.5) is 0 Å². The van der Waals surface area contributed by atoms with Crippen molar-refractivity contribution in [1.82, 2.24) is 0 Å². The first kappa shape index (κ1) is 19.3. The quantitative estimate of drug-likeness (QED) is 0.593. The highest BCUT2D eigenvalue weighted by Gasteiger charge is 2.30. The number of aryl methyl sites for hydroxylation is 2. The number of allylic oxidation sites excluding steroid dienone is 3. The average molecular weight is 363 g/mol. The third-order valence-corrected chi connectivity index (χ3v) is 5.68. The van der Waals surface area contributed by atoms with Gasteiger partial charge >= 0.3 is 0 Å². The van der Waals surface area contributed by atoms with E-state index in [4.69, 9.17) is 0 Å². The number of benzene rings is 2. The Kier molecular flexibility index (Phi) is 6.05. The lowest BCUT2D eigenvalue weighted by molar-refractivity contribution is 0.406. The fraction of sp³-hybridized carbons (Fsp3) is 0.360. The molecule has 0 aromatic heterocycles. The van der Waals surface area contributed by atoms with E-state index in [-0.39, 0.29) is 23.3 Å². The van der Waals surface area contributed by atoms with Crippen LogP contribution in [0.3, 0.4) is 0 Å². The summed E-state index contributed by atoms with van der Waals surface area (Å²) in [4.78, 5) is 0. The zero-order chi connectivity index (χ0) is 19.4. The molecule has 0 fully saturated rings. The maximum Gasteiger partial charge on any atom is 0.123 e. The molecule has 2 nitrogen and oxygen atoms in total. The van der Waals surface area contributed by atoms with E-state index < -0.39 is 0 Å². The first-order valence-corrected chi connectivity index (χ1v) is 9.87. The number of phenols is 2. The van der Waals surface area contributed by atoms with E-state index in [0.717, 1.165) is 43.2 Å². The molecule has 0 aliphatic heterocycles. The maximum atomic E-state index is 10.7. The van der Waals surface area contributed by atoms with Gasteiger partial charge in [-0.25, -0.2) is 0 Å². The molecule has 2 aromatic carbocycles. The van der Waals surface area contributed by atoms with Crippen LogP contribution in [0, 0.1) is 5.92 Å². The van der Waals surface area contributed by atoms with Crippen LogP contribution in [0.15, 0.2) is 66.3 Å². The van der Waals surface area contributed by atoms with Gasteiger partial charge in [-0.1, -0.05) is 54.1 Å². The van der Waals surface area contributed by atoms with E-state index in [1.54, 1.807) is 0 Å². The highest BCUT2D eigenvalue weighted by Crippen LogP contribution is 2.46. The minimum absolute atomic E-state index is 0.00498. The monoisotopic (exact) mass is 362 g/mol. The van der Waals surface area contributed by atoms with Crippen LogP contribution in [0.5, 0.6) is 11.5 Å². The molecule has 3 rings (SSSR count). The Hall–Kier alpha value is -2.48. The zero-order valence-corrected chi connectivity index (χ0v) is 16.4. The van der Waals surface area contributed by atoms with Gasteiger partial charge in [-0.2, -0.15) is 0 Å². The van der Waals surface area contributed by atoms with Gasteiger partial charge < -0.3 is 10.2 Å². The van der Waals surface area contributed by atoms with E-state index in [1.165, 1.54) is 11.1 Å². The van der Waals surface area contributed by atoms with E-state index in [0.29, 0.717) is 5.56 Å². The molecule has 2 heteroatoms. The smallest absolute Gasteiger partial charge is 0.123 e. The van der Waals surface area contributed by atoms with E-state index in [9.17, 15) is 10.2 Å². The van der Waals surface area contributed by atoms with Crippen molar-refractivity contribution >= 4 is 0 Å². The summed E-state index contributed by atoms with van der Waals surface area (Å²) in [6, 6.07) is 14.1. The Morgan fingerprint density at radius 2 is 1.67 bits per heavy atom. The van der Waals surface area contributed by atoms with Gasteiger partial charge in [0.05, 0.1) is 0 Å². The Morgan fingerprint density at radius 1 is 1.04 bits per heavy atom. The largest absolute Gasteiger partial charge is 0.507 e. The normalized spacial score (nSPS) is 19.6. The van der Waals surface area contributed by atoms with Crippen molar-refractivity contribution in [3.63, 3.8) is 0 Å². The first-order valence-electron chi connectivity index (χ1n) is 9.87. The van der Waals surface area contributed by atoms with Gasteiger partial charge in [-0.3, -0.25) is 0 Å². The summed E-state index contributed by atoms with van der Waals surface area (Å²) < 4.78 is 0. The van der Waals surface area contributed by atoms with Crippen molar-refractivity contribution in [1.29, 1.82) is 0 Å². The molecular weight excluding hydrogens is 332 g/mol. The molecule has 1 aliphatic carbocycles. The summed E-state index contributed by atoms with van der Waals surface area (Å²) in [5.74, 6) is 0.655. The standard InChI is InChI=1S/C25H30O2/c1-17(2)21-13-12-18(3)14-22(21)25-23(26)15-20(16-24(25)27)11-7-10-19-8-5-4-6-9-19/h4-6,8-9,14-16,21-22,26-27H,1,7,10-13H2,2-3H3/t21-,22+/m0/s1. The third kappa shape index (κ3) is 4.63. The molecule has 0 unspecified atom stereocenters.